The SMILES string of the molecule is C=CCCC(=O)OC[C@@H](NC(=O)[C@@H]1[C@H]2C(=O)N([C@@H](CO)C(C)C)[C@H](C(=O)N(CC=C)c3c(C)cccc3C)[C@]23CC[C@H]1O3)c1ccccc1. The Morgan fingerprint density at radius 2 is 1.80 bits per heavy atom. The minimum atomic E-state index is -1.27. The number of esters is 1. The Kier molecular flexibility index (Phi) is 11.1. The van der Waals surface area contributed by atoms with E-state index in [0.29, 0.717) is 19.3 Å². The summed E-state index contributed by atoms with van der Waals surface area (Å²) in [6.45, 7) is 15.0. The van der Waals surface area contributed by atoms with Crippen LogP contribution in [-0.4, -0.2) is 77.2 Å². The van der Waals surface area contributed by atoms with Gasteiger partial charge in [0.25, 0.3) is 5.91 Å². The molecule has 3 saturated heterocycles. The number of rotatable bonds is 15. The minimum Gasteiger partial charge on any atom is -0.463 e. The van der Waals surface area contributed by atoms with Crippen molar-refractivity contribution in [3.05, 3.63) is 90.5 Å². The number of nitrogens with zero attached hydrogens (tertiary/aromatic N) is 2. The van der Waals surface area contributed by atoms with Gasteiger partial charge in [0.15, 0.2) is 0 Å². The second-order valence-corrected chi connectivity index (χ2v) is 13.8. The summed E-state index contributed by atoms with van der Waals surface area (Å²) >= 11 is 0. The molecule has 2 aromatic carbocycles. The monoisotopic (exact) mass is 671 g/mol. The van der Waals surface area contributed by atoms with E-state index in [-0.39, 0.29) is 43.9 Å². The Morgan fingerprint density at radius 1 is 1.10 bits per heavy atom. The molecule has 3 heterocycles. The molecule has 1 spiro atoms. The summed E-state index contributed by atoms with van der Waals surface area (Å²) in [5.41, 5.74) is 2.01. The number of para-hydroxylation sites is 1. The molecular weight excluding hydrogens is 622 g/mol. The lowest BCUT2D eigenvalue weighted by Gasteiger charge is -2.41. The predicted octanol–water partition coefficient (Wildman–Crippen LogP) is 4.58. The van der Waals surface area contributed by atoms with E-state index in [4.69, 9.17) is 9.47 Å². The number of aliphatic hydroxyl groups is 1. The van der Waals surface area contributed by atoms with Crippen LogP contribution in [0.4, 0.5) is 5.69 Å². The van der Waals surface area contributed by atoms with E-state index in [1.165, 1.54) is 4.90 Å². The van der Waals surface area contributed by atoms with Crippen LogP contribution >= 0.6 is 0 Å². The van der Waals surface area contributed by atoms with Crippen molar-refractivity contribution in [2.24, 2.45) is 17.8 Å². The van der Waals surface area contributed by atoms with Gasteiger partial charge in [0.2, 0.25) is 11.8 Å². The van der Waals surface area contributed by atoms with Gasteiger partial charge in [0.1, 0.15) is 18.2 Å². The smallest absolute Gasteiger partial charge is 0.306 e. The molecule has 5 rings (SSSR count). The summed E-state index contributed by atoms with van der Waals surface area (Å²) in [7, 11) is 0. The number of fused-ring (bicyclic) bond motifs is 1. The summed E-state index contributed by atoms with van der Waals surface area (Å²) in [4.78, 5) is 59.6. The van der Waals surface area contributed by atoms with Gasteiger partial charge in [-0.3, -0.25) is 19.2 Å². The van der Waals surface area contributed by atoms with Gasteiger partial charge in [0.05, 0.1) is 36.6 Å². The molecule has 7 atom stereocenters. The van der Waals surface area contributed by atoms with Gasteiger partial charge < -0.3 is 29.7 Å². The molecule has 2 bridgehead atoms. The summed E-state index contributed by atoms with van der Waals surface area (Å²) < 4.78 is 12.3. The molecule has 3 fully saturated rings. The number of ether oxygens (including phenoxy) is 2. The number of hydrogen-bond acceptors (Lipinski definition) is 7. The fourth-order valence-corrected chi connectivity index (χ4v) is 8.09. The number of likely N-dealkylation sites (tertiary alicyclic amines) is 1. The minimum absolute atomic E-state index is 0.0901. The maximum Gasteiger partial charge on any atom is 0.306 e. The largest absolute Gasteiger partial charge is 0.463 e. The molecule has 2 aromatic rings. The fourth-order valence-electron chi connectivity index (χ4n) is 8.09. The van der Waals surface area contributed by atoms with Crippen LogP contribution in [0.1, 0.15) is 62.3 Å². The van der Waals surface area contributed by atoms with Crippen molar-refractivity contribution in [2.45, 2.75) is 83.2 Å². The van der Waals surface area contributed by atoms with E-state index < -0.39 is 53.5 Å². The van der Waals surface area contributed by atoms with Crippen molar-refractivity contribution < 1.29 is 33.8 Å². The fraction of sp³-hybridized carbons (Fsp3) is 0.487. The number of benzene rings is 2. The summed E-state index contributed by atoms with van der Waals surface area (Å²) in [6.07, 6.45) is 4.27. The molecule has 0 radical (unpaired) electrons. The molecule has 3 aliphatic rings. The number of carbonyl (C=O) groups is 4. The number of amides is 3. The number of aryl methyl sites for hydroxylation is 2. The molecule has 10 nitrogen and oxygen atoms in total. The van der Waals surface area contributed by atoms with E-state index in [1.54, 1.807) is 17.1 Å². The third-order valence-electron chi connectivity index (χ3n) is 10.4. The third kappa shape index (κ3) is 6.68. The highest BCUT2D eigenvalue weighted by molar-refractivity contribution is 6.05. The van der Waals surface area contributed by atoms with Crippen molar-refractivity contribution in [1.29, 1.82) is 0 Å². The molecule has 10 heteroatoms. The van der Waals surface area contributed by atoms with Crippen LogP contribution in [0.2, 0.25) is 0 Å². The quantitative estimate of drug-likeness (QED) is 0.210. The normalized spacial score (nSPS) is 25.1. The van der Waals surface area contributed by atoms with Crippen molar-refractivity contribution in [1.82, 2.24) is 10.2 Å². The summed E-state index contributed by atoms with van der Waals surface area (Å²) in [6, 6.07) is 12.6. The maximum atomic E-state index is 15.0. The number of allylic oxidation sites excluding steroid dienone is 1. The maximum absolute atomic E-state index is 15.0. The van der Waals surface area contributed by atoms with Gasteiger partial charge >= 0.3 is 5.97 Å². The molecule has 262 valence electrons. The molecular formula is C39H49N3O7. The number of nitrogens with one attached hydrogen (secondary N) is 1. The van der Waals surface area contributed by atoms with Crippen molar-refractivity contribution in [3.63, 3.8) is 0 Å². The zero-order chi connectivity index (χ0) is 35.5. The molecule has 0 aliphatic carbocycles. The molecule has 2 N–H and O–H groups in total. The molecule has 0 unspecified atom stereocenters. The highest BCUT2D eigenvalue weighted by Crippen LogP contribution is 2.59. The summed E-state index contributed by atoms with van der Waals surface area (Å²) in [5, 5.41) is 13.7. The standard InChI is InChI=1S/C39H49N3O7/c1-7-9-18-31(44)48-23-28(27-16-11-10-12-17-27)40-36(45)32-30-19-20-39(49-30)33(32)37(46)42(29(22-43)24(3)4)35(39)38(47)41(21-8-2)34-25(5)14-13-15-26(34)6/h7-8,10-17,24,28-30,32-33,35,43H,1-2,9,18-23H2,3-6H3,(H,40,45)/t28-,29+,30-,32+,33+,35-,39+/m1/s1. The van der Waals surface area contributed by atoms with Gasteiger partial charge in [-0.25, -0.2) is 0 Å². The average Bonchev–Trinajstić information content (AvgIpc) is 3.73. The van der Waals surface area contributed by atoms with Crippen molar-refractivity contribution in [3.8, 4) is 0 Å². The zero-order valence-corrected chi connectivity index (χ0v) is 29.0. The van der Waals surface area contributed by atoms with Crippen LogP contribution in [0.3, 0.4) is 0 Å². The van der Waals surface area contributed by atoms with Crippen molar-refractivity contribution in [2.75, 3.05) is 24.7 Å². The number of anilines is 1. The second-order valence-electron chi connectivity index (χ2n) is 13.8. The lowest BCUT2D eigenvalue weighted by atomic mass is 9.70. The molecule has 0 aromatic heterocycles. The van der Waals surface area contributed by atoms with Crippen LogP contribution in [0.5, 0.6) is 0 Å². The van der Waals surface area contributed by atoms with E-state index in [9.17, 15) is 24.3 Å². The van der Waals surface area contributed by atoms with Crippen LogP contribution in [-0.2, 0) is 28.7 Å². The first-order valence-electron chi connectivity index (χ1n) is 17.2. The van der Waals surface area contributed by atoms with Gasteiger partial charge in [-0.05, 0) is 55.7 Å². The lowest BCUT2D eigenvalue weighted by Crippen LogP contribution is -2.60. The van der Waals surface area contributed by atoms with Crippen molar-refractivity contribution >= 4 is 29.4 Å². The third-order valence-corrected chi connectivity index (χ3v) is 10.4. The number of aliphatic hydroxyl groups excluding tert-OH is 1. The Balaban J connectivity index is 1.52. The van der Waals surface area contributed by atoms with E-state index in [2.05, 4.69) is 18.5 Å². The molecule has 3 aliphatic heterocycles. The molecule has 0 saturated carbocycles. The first-order valence-corrected chi connectivity index (χ1v) is 17.2. The number of hydrogen-bond donors (Lipinski definition) is 2. The highest BCUT2D eigenvalue weighted by atomic mass is 16.5. The van der Waals surface area contributed by atoms with Gasteiger partial charge in [0, 0.05) is 18.7 Å². The first-order chi connectivity index (χ1) is 23.5. The van der Waals surface area contributed by atoms with E-state index in [0.717, 1.165) is 22.4 Å². The zero-order valence-electron chi connectivity index (χ0n) is 29.0. The van der Waals surface area contributed by atoms with E-state index in [1.807, 2.05) is 76.2 Å². The highest BCUT2D eigenvalue weighted by Gasteiger charge is 2.75. The topological polar surface area (TPSA) is 125 Å². The lowest BCUT2D eigenvalue weighted by molar-refractivity contribution is -0.147. The average molecular weight is 672 g/mol. The summed E-state index contributed by atoms with van der Waals surface area (Å²) in [5.74, 6) is -3.53. The van der Waals surface area contributed by atoms with E-state index >= 15 is 0 Å². The second kappa shape index (κ2) is 15.1. The molecule has 49 heavy (non-hydrogen) atoms. The number of carbonyl (C=O) groups excluding carboxylic acids is 4. The Morgan fingerprint density at radius 3 is 2.41 bits per heavy atom. The van der Waals surface area contributed by atoms with Crippen LogP contribution in [0.25, 0.3) is 0 Å². The Hall–Kier alpha value is -4.28. The first kappa shape index (κ1) is 36.0. The van der Waals surface area contributed by atoms with Crippen LogP contribution < -0.4 is 10.2 Å². The van der Waals surface area contributed by atoms with Crippen LogP contribution in [0.15, 0.2) is 73.8 Å². The molecule has 3 amide bonds. The van der Waals surface area contributed by atoms with Crippen LogP contribution in [0, 0.1) is 31.6 Å². The van der Waals surface area contributed by atoms with Gasteiger partial charge in [-0.15, -0.1) is 13.2 Å². The van der Waals surface area contributed by atoms with Gasteiger partial charge in [-0.1, -0.05) is 74.5 Å². The Bertz CT molecular complexity index is 1560. The Labute approximate surface area is 289 Å². The van der Waals surface area contributed by atoms with Gasteiger partial charge in [-0.2, -0.15) is 0 Å². The predicted molar refractivity (Wildman–Crippen MR) is 186 cm³/mol.